The van der Waals surface area contributed by atoms with Gasteiger partial charge in [0.15, 0.2) is 0 Å². The van der Waals surface area contributed by atoms with Crippen LogP contribution in [0.3, 0.4) is 0 Å². The van der Waals surface area contributed by atoms with E-state index in [1.54, 1.807) is 24.5 Å². The monoisotopic (exact) mass is 467 g/mol. The van der Waals surface area contributed by atoms with Crippen LogP contribution in [-0.4, -0.2) is 44.1 Å². The Morgan fingerprint density at radius 1 is 1.06 bits per heavy atom. The van der Waals surface area contributed by atoms with Gasteiger partial charge in [-0.25, -0.2) is 9.97 Å². The van der Waals surface area contributed by atoms with E-state index in [9.17, 15) is 23.1 Å². The van der Waals surface area contributed by atoms with Crippen molar-refractivity contribution in [2.75, 3.05) is 18.0 Å². The molecule has 3 aromatic heterocycles. The van der Waals surface area contributed by atoms with Crippen LogP contribution in [0.15, 0.2) is 54.9 Å². The number of H-pyrrole nitrogens is 1. The van der Waals surface area contributed by atoms with E-state index in [-0.39, 0.29) is 5.92 Å². The second-order valence-electron chi connectivity index (χ2n) is 8.28. The SMILES string of the molecule is O=C(O)[C@H]1CCCN(c2ccc(-c3ccc(-c4nc5ccc(C(F)(F)F)cc5[nH]4)cn3)cn2)C1. The Bertz CT molecular complexity index is 1330. The van der Waals surface area contributed by atoms with Gasteiger partial charge in [0, 0.05) is 36.6 Å². The molecule has 0 radical (unpaired) electrons. The molecule has 1 aliphatic heterocycles. The average Bonchev–Trinajstić information content (AvgIpc) is 3.27. The minimum absolute atomic E-state index is 0.302. The van der Waals surface area contributed by atoms with Gasteiger partial charge in [0.25, 0.3) is 0 Å². The lowest BCUT2D eigenvalue weighted by atomic mass is 9.98. The number of alkyl halides is 3. The van der Waals surface area contributed by atoms with Crippen molar-refractivity contribution in [1.82, 2.24) is 19.9 Å². The van der Waals surface area contributed by atoms with Crippen LogP contribution in [0.5, 0.6) is 0 Å². The summed E-state index contributed by atoms with van der Waals surface area (Å²) in [6.07, 6.45) is 0.366. The Balaban J connectivity index is 1.34. The predicted molar refractivity (Wildman–Crippen MR) is 120 cm³/mol. The Morgan fingerprint density at radius 2 is 1.85 bits per heavy atom. The lowest BCUT2D eigenvalue weighted by Gasteiger charge is -2.31. The molecule has 1 aromatic carbocycles. The summed E-state index contributed by atoms with van der Waals surface area (Å²) in [4.78, 5) is 29.5. The van der Waals surface area contributed by atoms with Crippen LogP contribution in [0.4, 0.5) is 19.0 Å². The predicted octanol–water partition coefficient (Wildman–Crippen LogP) is 5.01. The standard InChI is InChI=1S/C24H20F3N5O2/c25-24(26,27)17-5-7-19-20(10-17)31-22(30-19)15-3-6-18(28-12-15)14-4-8-21(29-11-14)32-9-1-2-16(13-32)23(33)34/h3-8,10-12,16H,1-2,9,13H2,(H,30,31)(H,33,34)/t16-/m0/s1. The molecule has 174 valence electrons. The zero-order valence-electron chi connectivity index (χ0n) is 17.9. The number of pyridine rings is 2. The van der Waals surface area contributed by atoms with Crippen molar-refractivity contribution in [1.29, 1.82) is 0 Å². The molecule has 1 atom stereocenters. The molecule has 1 fully saturated rings. The highest BCUT2D eigenvalue weighted by Gasteiger charge is 2.31. The number of anilines is 1. The van der Waals surface area contributed by atoms with Crippen LogP contribution < -0.4 is 4.90 Å². The number of hydrogen-bond donors (Lipinski definition) is 2. The number of rotatable bonds is 4. The molecule has 0 aliphatic carbocycles. The van der Waals surface area contributed by atoms with E-state index in [0.29, 0.717) is 41.1 Å². The third-order valence-electron chi connectivity index (χ3n) is 5.98. The van der Waals surface area contributed by atoms with Gasteiger partial charge in [-0.1, -0.05) is 0 Å². The van der Waals surface area contributed by atoms with E-state index in [2.05, 4.69) is 19.9 Å². The number of aliphatic carboxylic acids is 1. The molecule has 1 saturated heterocycles. The number of nitrogens with one attached hydrogen (secondary N) is 1. The molecule has 0 spiro atoms. The van der Waals surface area contributed by atoms with E-state index in [4.69, 9.17) is 0 Å². The molecule has 0 bridgehead atoms. The molecule has 10 heteroatoms. The second-order valence-corrected chi connectivity index (χ2v) is 8.28. The number of carboxylic acid groups (broad SMARTS) is 1. The number of fused-ring (bicyclic) bond motifs is 1. The van der Waals surface area contributed by atoms with E-state index >= 15 is 0 Å². The number of carbonyl (C=O) groups is 1. The third kappa shape index (κ3) is 4.30. The smallest absolute Gasteiger partial charge is 0.416 e. The fraction of sp³-hybridized carbons (Fsp3) is 0.250. The molecule has 2 N–H and O–H groups in total. The average molecular weight is 467 g/mol. The first-order valence-electron chi connectivity index (χ1n) is 10.8. The van der Waals surface area contributed by atoms with Crippen molar-refractivity contribution >= 4 is 22.8 Å². The van der Waals surface area contributed by atoms with Gasteiger partial charge in [0.2, 0.25) is 0 Å². The van der Waals surface area contributed by atoms with Crippen LogP contribution in [-0.2, 0) is 11.0 Å². The molecule has 1 aliphatic rings. The molecule has 4 heterocycles. The van der Waals surface area contributed by atoms with E-state index in [1.165, 1.54) is 6.07 Å². The van der Waals surface area contributed by atoms with Crippen molar-refractivity contribution in [2.45, 2.75) is 19.0 Å². The van der Waals surface area contributed by atoms with Crippen molar-refractivity contribution in [2.24, 2.45) is 5.92 Å². The van der Waals surface area contributed by atoms with Gasteiger partial charge in [-0.05, 0) is 55.3 Å². The number of benzene rings is 1. The van der Waals surface area contributed by atoms with E-state index in [0.717, 1.165) is 36.5 Å². The number of aromatic nitrogens is 4. The number of aromatic amines is 1. The van der Waals surface area contributed by atoms with Crippen LogP contribution in [0.25, 0.3) is 33.7 Å². The van der Waals surface area contributed by atoms with Crippen LogP contribution >= 0.6 is 0 Å². The number of carboxylic acids is 1. The van der Waals surface area contributed by atoms with Crippen molar-refractivity contribution in [3.05, 3.63) is 60.4 Å². The summed E-state index contributed by atoms with van der Waals surface area (Å²) >= 11 is 0. The highest BCUT2D eigenvalue weighted by atomic mass is 19.4. The van der Waals surface area contributed by atoms with Crippen LogP contribution in [0.2, 0.25) is 0 Å². The van der Waals surface area contributed by atoms with Gasteiger partial charge >= 0.3 is 12.1 Å². The highest BCUT2D eigenvalue weighted by Crippen LogP contribution is 2.32. The summed E-state index contributed by atoms with van der Waals surface area (Å²) in [6, 6.07) is 10.7. The Labute approximate surface area is 192 Å². The Morgan fingerprint density at radius 3 is 2.53 bits per heavy atom. The van der Waals surface area contributed by atoms with Gasteiger partial charge in [0.1, 0.15) is 11.6 Å². The van der Waals surface area contributed by atoms with Crippen molar-refractivity contribution < 1.29 is 23.1 Å². The minimum Gasteiger partial charge on any atom is -0.481 e. The van der Waals surface area contributed by atoms with E-state index < -0.39 is 17.7 Å². The topological polar surface area (TPSA) is 95.0 Å². The first-order chi connectivity index (χ1) is 16.3. The molecule has 5 rings (SSSR count). The highest BCUT2D eigenvalue weighted by molar-refractivity contribution is 5.80. The number of hydrogen-bond acceptors (Lipinski definition) is 5. The summed E-state index contributed by atoms with van der Waals surface area (Å²) in [5.74, 6) is -0.00894. The first-order valence-corrected chi connectivity index (χ1v) is 10.8. The molecule has 4 aromatic rings. The second kappa shape index (κ2) is 8.44. The van der Waals surface area contributed by atoms with Gasteiger partial charge in [-0.3, -0.25) is 9.78 Å². The number of nitrogens with zero attached hydrogens (tertiary/aromatic N) is 4. The lowest BCUT2D eigenvalue weighted by molar-refractivity contribution is -0.142. The number of halogens is 3. The van der Waals surface area contributed by atoms with Crippen molar-refractivity contribution in [3.8, 4) is 22.6 Å². The van der Waals surface area contributed by atoms with Gasteiger partial charge in [0.05, 0.1) is 28.2 Å². The largest absolute Gasteiger partial charge is 0.481 e. The third-order valence-corrected chi connectivity index (χ3v) is 5.98. The molecule has 7 nitrogen and oxygen atoms in total. The lowest BCUT2D eigenvalue weighted by Crippen LogP contribution is -2.39. The Kier molecular flexibility index (Phi) is 5.43. The van der Waals surface area contributed by atoms with E-state index in [1.807, 2.05) is 17.0 Å². The zero-order valence-corrected chi connectivity index (χ0v) is 17.9. The quantitative estimate of drug-likeness (QED) is 0.438. The van der Waals surface area contributed by atoms with Crippen LogP contribution in [0, 0.1) is 5.92 Å². The van der Waals surface area contributed by atoms with Gasteiger partial charge in [-0.2, -0.15) is 13.2 Å². The maximum Gasteiger partial charge on any atom is 0.416 e. The normalized spacial score (nSPS) is 16.7. The minimum atomic E-state index is -4.42. The van der Waals surface area contributed by atoms with Crippen molar-refractivity contribution in [3.63, 3.8) is 0 Å². The summed E-state index contributed by atoms with van der Waals surface area (Å²) in [7, 11) is 0. The Hall–Kier alpha value is -3.95. The summed E-state index contributed by atoms with van der Waals surface area (Å²) in [5, 5.41) is 9.28. The molecule has 0 unspecified atom stereocenters. The fourth-order valence-electron chi connectivity index (χ4n) is 4.14. The molecular weight excluding hydrogens is 447 g/mol. The van der Waals surface area contributed by atoms with Gasteiger partial charge in [-0.15, -0.1) is 0 Å². The summed E-state index contributed by atoms with van der Waals surface area (Å²) in [5.41, 5.74) is 2.13. The molecule has 34 heavy (non-hydrogen) atoms. The summed E-state index contributed by atoms with van der Waals surface area (Å²) < 4.78 is 38.9. The number of piperidine rings is 1. The van der Waals surface area contributed by atoms with Crippen LogP contribution in [0.1, 0.15) is 18.4 Å². The molecular formula is C24H20F3N5O2. The molecule has 0 amide bonds. The first kappa shape index (κ1) is 21.9. The van der Waals surface area contributed by atoms with Gasteiger partial charge < -0.3 is 15.0 Å². The molecule has 0 saturated carbocycles. The zero-order chi connectivity index (χ0) is 23.9. The number of imidazole rings is 1. The maximum atomic E-state index is 13.0. The summed E-state index contributed by atoms with van der Waals surface area (Å²) in [6.45, 7) is 1.21. The fourth-order valence-corrected chi connectivity index (χ4v) is 4.14. The maximum absolute atomic E-state index is 13.0.